The molecule has 18 heavy (non-hydrogen) atoms. The summed E-state index contributed by atoms with van der Waals surface area (Å²) in [5, 5.41) is 0. The molecule has 2 N–H and O–H groups in total. The van der Waals surface area contributed by atoms with Crippen molar-refractivity contribution < 1.29 is 0 Å². The molecule has 1 fully saturated rings. The van der Waals surface area contributed by atoms with Gasteiger partial charge in [0.05, 0.1) is 0 Å². The van der Waals surface area contributed by atoms with Gasteiger partial charge in [-0.2, -0.15) is 0 Å². The van der Waals surface area contributed by atoms with Gasteiger partial charge in [-0.3, -0.25) is 4.90 Å². The summed E-state index contributed by atoms with van der Waals surface area (Å²) in [5.74, 6) is 2.38. The van der Waals surface area contributed by atoms with E-state index in [1.807, 2.05) is 0 Å². The highest BCUT2D eigenvalue weighted by atomic mass is 15.2. The molecule has 3 atom stereocenters. The van der Waals surface area contributed by atoms with Gasteiger partial charge in [0, 0.05) is 18.1 Å². The minimum atomic E-state index is 0.241. The molecule has 1 saturated carbocycles. The van der Waals surface area contributed by atoms with Crippen molar-refractivity contribution in [3.8, 4) is 0 Å². The van der Waals surface area contributed by atoms with Crippen molar-refractivity contribution in [2.75, 3.05) is 13.6 Å². The van der Waals surface area contributed by atoms with Gasteiger partial charge < -0.3 is 5.73 Å². The Bertz CT molecular complexity index is 239. The van der Waals surface area contributed by atoms with Crippen molar-refractivity contribution in [3.63, 3.8) is 0 Å². The molecule has 1 aliphatic rings. The van der Waals surface area contributed by atoms with Gasteiger partial charge in [0.1, 0.15) is 0 Å². The minimum Gasteiger partial charge on any atom is -0.329 e. The largest absolute Gasteiger partial charge is 0.329 e. The van der Waals surface area contributed by atoms with Crippen molar-refractivity contribution in [2.24, 2.45) is 23.5 Å². The Hall–Kier alpha value is -0.0800. The summed E-state index contributed by atoms with van der Waals surface area (Å²) in [5.41, 5.74) is 6.43. The summed E-state index contributed by atoms with van der Waals surface area (Å²) in [6, 6.07) is 0.631. The van der Waals surface area contributed by atoms with Crippen molar-refractivity contribution in [3.05, 3.63) is 0 Å². The fraction of sp³-hybridized carbons (Fsp3) is 1.00. The highest BCUT2D eigenvalue weighted by molar-refractivity contribution is 4.98. The Balaban J connectivity index is 2.79. The maximum absolute atomic E-state index is 6.19. The van der Waals surface area contributed by atoms with Crippen molar-refractivity contribution in [2.45, 2.75) is 71.9 Å². The SMILES string of the molecule is CC(C)CC(C)N(C)C1(CN)CC(C)CC(C)C1. The summed E-state index contributed by atoms with van der Waals surface area (Å²) in [4.78, 5) is 2.60. The zero-order valence-electron chi connectivity index (χ0n) is 13.4. The van der Waals surface area contributed by atoms with Crippen LogP contribution in [0.25, 0.3) is 0 Å². The zero-order chi connectivity index (χ0) is 13.9. The average molecular weight is 254 g/mol. The molecule has 0 aromatic rings. The summed E-state index contributed by atoms with van der Waals surface area (Å²) < 4.78 is 0. The molecule has 0 heterocycles. The quantitative estimate of drug-likeness (QED) is 0.813. The van der Waals surface area contributed by atoms with Crippen molar-refractivity contribution in [1.29, 1.82) is 0 Å². The molecule has 0 amide bonds. The molecule has 3 unspecified atom stereocenters. The first kappa shape index (κ1) is 16.0. The smallest absolute Gasteiger partial charge is 0.0336 e. The zero-order valence-corrected chi connectivity index (χ0v) is 13.4. The van der Waals surface area contributed by atoms with Gasteiger partial charge in [-0.15, -0.1) is 0 Å². The Morgan fingerprint density at radius 2 is 1.67 bits per heavy atom. The van der Waals surface area contributed by atoms with Gasteiger partial charge in [-0.1, -0.05) is 27.7 Å². The Morgan fingerprint density at radius 3 is 2.06 bits per heavy atom. The maximum atomic E-state index is 6.19. The van der Waals surface area contributed by atoms with Crippen molar-refractivity contribution >= 4 is 0 Å². The first-order valence-electron chi connectivity index (χ1n) is 7.73. The molecule has 1 rings (SSSR count). The van der Waals surface area contributed by atoms with Crippen LogP contribution in [0.15, 0.2) is 0 Å². The van der Waals surface area contributed by atoms with Crippen LogP contribution in [0.3, 0.4) is 0 Å². The average Bonchev–Trinajstić information content (AvgIpc) is 2.25. The third kappa shape index (κ3) is 3.71. The molecule has 0 saturated heterocycles. The molecule has 0 aliphatic heterocycles. The van der Waals surface area contributed by atoms with Crippen LogP contribution in [-0.2, 0) is 0 Å². The Kier molecular flexibility index (Phi) is 5.67. The highest BCUT2D eigenvalue weighted by Gasteiger charge is 2.41. The molecule has 2 heteroatoms. The van der Waals surface area contributed by atoms with Crippen LogP contribution in [0.2, 0.25) is 0 Å². The van der Waals surface area contributed by atoms with Crippen LogP contribution in [0, 0.1) is 17.8 Å². The van der Waals surface area contributed by atoms with Gasteiger partial charge in [-0.05, 0) is 57.4 Å². The van der Waals surface area contributed by atoms with Gasteiger partial charge in [-0.25, -0.2) is 0 Å². The van der Waals surface area contributed by atoms with Crippen LogP contribution in [0.4, 0.5) is 0 Å². The highest BCUT2D eigenvalue weighted by Crippen LogP contribution is 2.40. The van der Waals surface area contributed by atoms with E-state index in [0.717, 1.165) is 24.3 Å². The van der Waals surface area contributed by atoms with E-state index in [1.54, 1.807) is 0 Å². The number of nitrogens with two attached hydrogens (primary N) is 1. The maximum Gasteiger partial charge on any atom is 0.0336 e. The fourth-order valence-electron chi connectivity index (χ4n) is 4.14. The molecule has 0 spiro atoms. The first-order valence-corrected chi connectivity index (χ1v) is 7.73. The van der Waals surface area contributed by atoms with Crippen molar-refractivity contribution in [1.82, 2.24) is 4.90 Å². The molecule has 0 bridgehead atoms. The van der Waals surface area contributed by atoms with Crippen LogP contribution in [-0.4, -0.2) is 30.1 Å². The van der Waals surface area contributed by atoms with Crippen LogP contribution in [0.1, 0.15) is 60.3 Å². The summed E-state index contributed by atoms with van der Waals surface area (Å²) >= 11 is 0. The molecular formula is C16H34N2. The lowest BCUT2D eigenvalue weighted by molar-refractivity contribution is 0.00840. The fourth-order valence-corrected chi connectivity index (χ4v) is 4.14. The Labute approximate surface area is 114 Å². The van der Waals surface area contributed by atoms with E-state index in [-0.39, 0.29) is 5.54 Å². The predicted octanol–water partition coefficient (Wildman–Crippen LogP) is 3.51. The van der Waals surface area contributed by atoms with E-state index in [4.69, 9.17) is 5.73 Å². The van der Waals surface area contributed by atoms with E-state index in [1.165, 1.54) is 25.7 Å². The number of rotatable bonds is 5. The van der Waals surface area contributed by atoms with Gasteiger partial charge in [0.25, 0.3) is 0 Å². The van der Waals surface area contributed by atoms with E-state index >= 15 is 0 Å². The third-order valence-corrected chi connectivity index (χ3v) is 4.86. The number of hydrogen-bond acceptors (Lipinski definition) is 2. The lowest BCUT2D eigenvalue weighted by Crippen LogP contribution is -2.58. The van der Waals surface area contributed by atoms with Gasteiger partial charge in [0.2, 0.25) is 0 Å². The van der Waals surface area contributed by atoms with Crippen LogP contribution in [0.5, 0.6) is 0 Å². The predicted molar refractivity (Wildman–Crippen MR) is 80.6 cm³/mol. The third-order valence-electron chi connectivity index (χ3n) is 4.86. The second-order valence-electron chi connectivity index (χ2n) is 7.37. The standard InChI is InChI=1S/C16H34N2/c1-12(2)7-15(5)18(6)16(11-17)9-13(3)8-14(4)10-16/h12-15H,7-11,17H2,1-6H3. The van der Waals surface area contributed by atoms with Gasteiger partial charge in [0.15, 0.2) is 0 Å². The minimum absolute atomic E-state index is 0.241. The summed E-state index contributed by atoms with van der Waals surface area (Å²) in [6.45, 7) is 12.6. The second kappa shape index (κ2) is 6.38. The van der Waals surface area contributed by atoms with E-state index in [9.17, 15) is 0 Å². The Morgan fingerprint density at radius 1 is 1.17 bits per heavy atom. The lowest BCUT2D eigenvalue weighted by atomic mass is 9.70. The molecule has 0 radical (unpaired) electrons. The lowest BCUT2D eigenvalue weighted by Gasteiger charge is -2.50. The topological polar surface area (TPSA) is 29.3 Å². The second-order valence-corrected chi connectivity index (χ2v) is 7.37. The monoisotopic (exact) mass is 254 g/mol. The number of nitrogens with zero attached hydrogens (tertiary/aromatic N) is 1. The number of likely N-dealkylation sites (N-methyl/N-ethyl adjacent to an activating group) is 1. The summed E-state index contributed by atoms with van der Waals surface area (Å²) in [7, 11) is 2.30. The molecule has 0 aromatic heterocycles. The van der Waals surface area contributed by atoms with Gasteiger partial charge >= 0.3 is 0 Å². The van der Waals surface area contributed by atoms with Crippen LogP contribution >= 0.6 is 0 Å². The molecule has 2 nitrogen and oxygen atoms in total. The molecular weight excluding hydrogens is 220 g/mol. The van der Waals surface area contributed by atoms with E-state index in [2.05, 4.69) is 46.6 Å². The normalized spacial score (nSPS) is 35.2. The van der Waals surface area contributed by atoms with Crippen LogP contribution < -0.4 is 5.73 Å². The summed E-state index contributed by atoms with van der Waals surface area (Å²) in [6.07, 6.45) is 5.18. The van der Waals surface area contributed by atoms with E-state index in [0.29, 0.717) is 6.04 Å². The molecule has 1 aliphatic carbocycles. The first-order chi connectivity index (χ1) is 8.30. The van der Waals surface area contributed by atoms with E-state index < -0.39 is 0 Å². The number of hydrogen-bond donors (Lipinski definition) is 1. The molecule has 0 aromatic carbocycles. The molecule has 108 valence electrons.